The number of amides is 3. The fraction of sp³-hybridized carbons (Fsp3) is 0.286. The van der Waals surface area contributed by atoms with Gasteiger partial charge in [0.25, 0.3) is 17.7 Å². The zero-order valence-corrected chi connectivity index (χ0v) is 16.0. The van der Waals surface area contributed by atoms with Gasteiger partial charge in [-0.3, -0.25) is 19.3 Å². The zero-order valence-electron chi connectivity index (χ0n) is 16.0. The number of alkyl halides is 3. The lowest BCUT2D eigenvalue weighted by atomic mass is 10.1. The Morgan fingerprint density at radius 2 is 1.84 bits per heavy atom. The molecule has 1 N–H and O–H groups in total. The highest BCUT2D eigenvalue weighted by molar-refractivity contribution is 6.22. The molecule has 0 unspecified atom stereocenters. The summed E-state index contributed by atoms with van der Waals surface area (Å²) >= 11 is 0. The van der Waals surface area contributed by atoms with Crippen molar-refractivity contribution in [3.63, 3.8) is 0 Å². The van der Waals surface area contributed by atoms with Crippen LogP contribution in [0, 0.1) is 5.82 Å². The number of hydrogen-bond acceptors (Lipinski definition) is 4. The molecule has 0 saturated carbocycles. The van der Waals surface area contributed by atoms with Crippen LogP contribution >= 0.6 is 0 Å². The summed E-state index contributed by atoms with van der Waals surface area (Å²) in [4.78, 5) is 38.8. The Morgan fingerprint density at radius 3 is 2.52 bits per heavy atom. The second kappa shape index (κ2) is 7.77. The van der Waals surface area contributed by atoms with Crippen molar-refractivity contribution in [1.29, 1.82) is 0 Å². The molecule has 0 spiro atoms. The molecule has 0 aliphatic carbocycles. The summed E-state index contributed by atoms with van der Waals surface area (Å²) in [6, 6.07) is 5.92. The molecule has 2 aromatic carbocycles. The van der Waals surface area contributed by atoms with Crippen molar-refractivity contribution in [3.05, 3.63) is 64.5 Å². The first kappa shape index (κ1) is 21.0. The normalized spacial score (nSPS) is 18.5. The van der Waals surface area contributed by atoms with Gasteiger partial charge in [-0.15, -0.1) is 0 Å². The van der Waals surface area contributed by atoms with Crippen LogP contribution in [-0.2, 0) is 10.9 Å². The van der Waals surface area contributed by atoms with Crippen molar-refractivity contribution in [3.8, 4) is 0 Å². The van der Waals surface area contributed by atoms with Crippen molar-refractivity contribution in [2.24, 2.45) is 0 Å². The van der Waals surface area contributed by atoms with E-state index in [1.165, 1.54) is 18.2 Å². The van der Waals surface area contributed by atoms with Gasteiger partial charge in [-0.1, -0.05) is 0 Å². The number of hydrogen-bond donors (Lipinski definition) is 1. The summed E-state index contributed by atoms with van der Waals surface area (Å²) in [5.74, 6) is -3.32. The Morgan fingerprint density at radius 1 is 1.10 bits per heavy atom. The monoisotopic (exact) mass is 436 g/mol. The predicted octanol–water partition coefficient (Wildman–Crippen LogP) is 3.87. The summed E-state index contributed by atoms with van der Waals surface area (Å²) in [6.45, 7) is 0.682. The average molecular weight is 436 g/mol. The van der Waals surface area contributed by atoms with E-state index >= 15 is 0 Å². The molecule has 2 aliphatic heterocycles. The van der Waals surface area contributed by atoms with Crippen LogP contribution in [-0.4, -0.2) is 41.9 Å². The molecule has 0 bridgehead atoms. The first-order valence-electron chi connectivity index (χ1n) is 9.45. The lowest BCUT2D eigenvalue weighted by Gasteiger charge is -2.17. The van der Waals surface area contributed by atoms with E-state index in [1.54, 1.807) is 0 Å². The molecule has 10 heteroatoms. The molecule has 162 valence electrons. The minimum atomic E-state index is -4.92. The maximum absolute atomic E-state index is 13.4. The Bertz CT molecular complexity index is 1080. The molecule has 2 aliphatic rings. The number of fused-ring (bicyclic) bond motifs is 1. The average Bonchev–Trinajstić information content (AvgIpc) is 3.31. The van der Waals surface area contributed by atoms with Crippen molar-refractivity contribution in [1.82, 2.24) is 4.90 Å². The van der Waals surface area contributed by atoms with Gasteiger partial charge in [0.05, 0.1) is 29.3 Å². The largest absolute Gasteiger partial charge is 0.419 e. The number of nitrogens with one attached hydrogen (secondary N) is 1. The van der Waals surface area contributed by atoms with Gasteiger partial charge in [-0.25, -0.2) is 4.39 Å². The highest BCUT2D eigenvalue weighted by Crippen LogP contribution is 2.33. The van der Waals surface area contributed by atoms with Crippen LogP contribution in [0.25, 0.3) is 0 Å². The van der Waals surface area contributed by atoms with E-state index in [1.807, 2.05) is 0 Å². The lowest BCUT2D eigenvalue weighted by Crippen LogP contribution is -2.36. The van der Waals surface area contributed by atoms with Crippen LogP contribution < -0.4 is 5.32 Å². The number of imide groups is 1. The summed E-state index contributed by atoms with van der Waals surface area (Å²) in [5.41, 5.74) is -1.63. The zero-order chi connectivity index (χ0) is 22.3. The number of carbonyl (C=O) groups is 3. The van der Waals surface area contributed by atoms with Crippen molar-refractivity contribution >= 4 is 23.4 Å². The van der Waals surface area contributed by atoms with Crippen LogP contribution in [0.2, 0.25) is 0 Å². The molecule has 31 heavy (non-hydrogen) atoms. The van der Waals surface area contributed by atoms with Gasteiger partial charge >= 0.3 is 6.18 Å². The van der Waals surface area contributed by atoms with Gasteiger partial charge in [-0.05, 0) is 49.2 Å². The Balaban J connectivity index is 1.54. The number of rotatable bonds is 4. The maximum atomic E-state index is 13.4. The van der Waals surface area contributed by atoms with E-state index in [0.29, 0.717) is 18.7 Å². The van der Waals surface area contributed by atoms with E-state index in [4.69, 9.17) is 4.74 Å². The second-order valence-corrected chi connectivity index (χ2v) is 7.26. The van der Waals surface area contributed by atoms with E-state index in [9.17, 15) is 31.9 Å². The number of benzene rings is 2. The highest BCUT2D eigenvalue weighted by Gasteiger charge is 2.38. The minimum absolute atomic E-state index is 0.0308. The van der Waals surface area contributed by atoms with Crippen LogP contribution in [0.4, 0.5) is 23.2 Å². The quantitative estimate of drug-likeness (QED) is 0.583. The molecule has 0 aromatic heterocycles. The summed E-state index contributed by atoms with van der Waals surface area (Å²) in [6.07, 6.45) is -3.57. The second-order valence-electron chi connectivity index (χ2n) is 7.26. The van der Waals surface area contributed by atoms with Crippen molar-refractivity contribution in [2.75, 3.05) is 18.5 Å². The van der Waals surface area contributed by atoms with Gasteiger partial charge in [0.15, 0.2) is 0 Å². The van der Waals surface area contributed by atoms with Gasteiger partial charge in [0, 0.05) is 17.9 Å². The van der Waals surface area contributed by atoms with E-state index < -0.39 is 35.3 Å². The van der Waals surface area contributed by atoms with Gasteiger partial charge < -0.3 is 10.1 Å². The maximum Gasteiger partial charge on any atom is 0.419 e. The number of halogens is 4. The number of carbonyl (C=O) groups excluding carboxylic acids is 3. The summed E-state index contributed by atoms with van der Waals surface area (Å²) in [5, 5.41) is 2.25. The van der Waals surface area contributed by atoms with Crippen LogP contribution in [0.3, 0.4) is 0 Å². The Hall–Kier alpha value is -3.27. The van der Waals surface area contributed by atoms with Crippen molar-refractivity contribution in [2.45, 2.75) is 25.1 Å². The van der Waals surface area contributed by atoms with Crippen molar-refractivity contribution < 1.29 is 36.7 Å². The molecule has 4 rings (SSSR count). The van der Waals surface area contributed by atoms with Gasteiger partial charge in [0.1, 0.15) is 5.82 Å². The summed E-state index contributed by atoms with van der Waals surface area (Å²) < 4.78 is 57.5. The molecule has 3 amide bonds. The molecule has 0 radical (unpaired) electrons. The predicted molar refractivity (Wildman–Crippen MR) is 100 cm³/mol. The SMILES string of the molecule is O=C(Nc1ccc(F)c(C(F)(F)F)c1)c1ccc2c(c1)C(=O)N(C[C@@H]1CCCO1)C2=O. The molecule has 1 atom stereocenters. The Kier molecular flexibility index (Phi) is 5.26. The fourth-order valence-corrected chi connectivity index (χ4v) is 3.61. The number of nitrogens with zero attached hydrogens (tertiary/aromatic N) is 1. The van der Waals surface area contributed by atoms with E-state index in [2.05, 4.69) is 5.32 Å². The first-order chi connectivity index (χ1) is 14.6. The highest BCUT2D eigenvalue weighted by atomic mass is 19.4. The molecule has 2 heterocycles. The fourth-order valence-electron chi connectivity index (χ4n) is 3.61. The molecule has 2 aromatic rings. The molecule has 1 fully saturated rings. The minimum Gasteiger partial charge on any atom is -0.376 e. The third-order valence-corrected chi connectivity index (χ3v) is 5.17. The molecular weight excluding hydrogens is 420 g/mol. The number of ether oxygens (including phenoxy) is 1. The Labute approximate surface area is 173 Å². The lowest BCUT2D eigenvalue weighted by molar-refractivity contribution is -0.139. The van der Waals surface area contributed by atoms with E-state index in [-0.39, 0.29) is 35.0 Å². The topological polar surface area (TPSA) is 75.7 Å². The molecular formula is C21H16F4N2O4. The smallest absolute Gasteiger partial charge is 0.376 e. The molecule has 1 saturated heterocycles. The van der Waals surface area contributed by atoms with Crippen LogP contribution in [0.5, 0.6) is 0 Å². The third-order valence-electron chi connectivity index (χ3n) is 5.17. The van der Waals surface area contributed by atoms with Crippen LogP contribution in [0.15, 0.2) is 36.4 Å². The van der Waals surface area contributed by atoms with Gasteiger partial charge in [-0.2, -0.15) is 13.2 Å². The number of anilines is 1. The standard InChI is InChI=1S/C21H16F4N2O4/c22-17-6-4-12(9-16(17)21(23,24)25)26-18(28)11-3-5-14-15(8-11)20(30)27(19(14)29)10-13-2-1-7-31-13/h3-6,8-9,13H,1-2,7,10H2,(H,26,28)/t13-/m0/s1. The third kappa shape index (κ3) is 4.02. The molecule has 6 nitrogen and oxygen atoms in total. The van der Waals surface area contributed by atoms with Gasteiger partial charge in [0.2, 0.25) is 0 Å². The first-order valence-corrected chi connectivity index (χ1v) is 9.45. The van der Waals surface area contributed by atoms with Crippen LogP contribution in [0.1, 0.15) is 49.5 Å². The van der Waals surface area contributed by atoms with E-state index in [0.717, 1.165) is 23.8 Å². The summed E-state index contributed by atoms with van der Waals surface area (Å²) in [7, 11) is 0.